The van der Waals surface area contributed by atoms with E-state index >= 15 is 0 Å². The SMILES string of the molecule is C#C/C(F)=C\C(=C(/N)F)[C@@H](C)OC(=O)Nc1c(-c2ccc(NC(=O)c3cnc(C(F)(F)F)nc3)cn2)nnn1C. The van der Waals surface area contributed by atoms with Crippen LogP contribution in [0.1, 0.15) is 23.1 Å². The van der Waals surface area contributed by atoms with Crippen molar-refractivity contribution in [3.05, 3.63) is 65.5 Å². The molecule has 2 amide bonds. The maximum Gasteiger partial charge on any atom is 0.451 e. The van der Waals surface area contributed by atoms with Crippen molar-refractivity contribution in [2.24, 2.45) is 12.8 Å². The Hall–Kier alpha value is -5.40. The van der Waals surface area contributed by atoms with Crippen molar-refractivity contribution in [1.82, 2.24) is 29.9 Å². The molecule has 4 N–H and O–H groups in total. The molecule has 0 aliphatic carbocycles. The second kappa shape index (κ2) is 12.0. The van der Waals surface area contributed by atoms with E-state index in [9.17, 15) is 31.5 Å². The topological polar surface area (TPSA) is 163 Å². The van der Waals surface area contributed by atoms with E-state index in [0.29, 0.717) is 6.08 Å². The number of aromatic nitrogens is 6. The first-order valence-corrected chi connectivity index (χ1v) is 10.8. The Kier molecular flexibility index (Phi) is 8.73. The lowest BCUT2D eigenvalue weighted by Gasteiger charge is -2.15. The molecule has 0 aliphatic heterocycles. The maximum absolute atomic E-state index is 13.6. The summed E-state index contributed by atoms with van der Waals surface area (Å²) in [5, 5.41) is 12.5. The van der Waals surface area contributed by atoms with Gasteiger partial charge in [-0.15, -0.1) is 11.5 Å². The molecule has 0 fully saturated rings. The van der Waals surface area contributed by atoms with E-state index < -0.39 is 47.5 Å². The van der Waals surface area contributed by atoms with E-state index in [2.05, 4.69) is 35.9 Å². The number of rotatable bonds is 7. The summed E-state index contributed by atoms with van der Waals surface area (Å²) in [6.45, 7) is 1.23. The Bertz CT molecular complexity index is 1500. The second-order valence-corrected chi connectivity index (χ2v) is 7.70. The summed E-state index contributed by atoms with van der Waals surface area (Å²) < 4.78 is 71.0. The summed E-state index contributed by atoms with van der Waals surface area (Å²) in [6.07, 6.45) is 0.983. The summed E-state index contributed by atoms with van der Waals surface area (Å²) in [5.74, 6) is -2.97. The van der Waals surface area contributed by atoms with Crippen LogP contribution in [0.5, 0.6) is 0 Å². The zero-order valence-electron chi connectivity index (χ0n) is 20.5. The van der Waals surface area contributed by atoms with Gasteiger partial charge in [0, 0.05) is 25.0 Å². The van der Waals surface area contributed by atoms with Crippen LogP contribution in [0.4, 0.5) is 38.3 Å². The van der Waals surface area contributed by atoms with Crippen molar-refractivity contribution in [2.45, 2.75) is 19.2 Å². The highest BCUT2D eigenvalue weighted by Gasteiger charge is 2.34. The predicted octanol–water partition coefficient (Wildman–Crippen LogP) is 3.50. The molecule has 0 aromatic carbocycles. The summed E-state index contributed by atoms with van der Waals surface area (Å²) in [5.41, 5.74) is 4.77. The molecule has 0 aliphatic rings. The van der Waals surface area contributed by atoms with Gasteiger partial charge in [0.05, 0.1) is 23.1 Å². The average molecular weight is 563 g/mol. The molecule has 208 valence electrons. The second-order valence-electron chi connectivity index (χ2n) is 7.70. The maximum atomic E-state index is 13.6. The van der Waals surface area contributed by atoms with Gasteiger partial charge in [-0.05, 0) is 31.1 Å². The summed E-state index contributed by atoms with van der Waals surface area (Å²) >= 11 is 0. The van der Waals surface area contributed by atoms with Crippen LogP contribution in [0, 0.1) is 12.3 Å². The number of anilines is 2. The Labute approximate surface area is 222 Å². The number of nitrogens with zero attached hydrogens (tertiary/aromatic N) is 6. The summed E-state index contributed by atoms with van der Waals surface area (Å²) in [6, 6.07) is 2.80. The number of hydrogen-bond acceptors (Lipinski definition) is 9. The van der Waals surface area contributed by atoms with Crippen molar-refractivity contribution in [1.29, 1.82) is 0 Å². The molecular formula is C23H18F5N9O3. The first-order valence-electron chi connectivity index (χ1n) is 10.8. The minimum atomic E-state index is -4.75. The number of terminal acetylenes is 1. The molecule has 40 heavy (non-hydrogen) atoms. The number of alkyl halides is 3. The van der Waals surface area contributed by atoms with Gasteiger partial charge in [-0.1, -0.05) is 5.21 Å². The molecule has 0 unspecified atom stereocenters. The highest BCUT2D eigenvalue weighted by molar-refractivity contribution is 6.03. The highest BCUT2D eigenvalue weighted by Crippen LogP contribution is 2.26. The van der Waals surface area contributed by atoms with Gasteiger partial charge in [-0.25, -0.2) is 19.4 Å². The van der Waals surface area contributed by atoms with E-state index in [4.69, 9.17) is 16.9 Å². The van der Waals surface area contributed by atoms with E-state index in [1.807, 2.05) is 0 Å². The minimum Gasteiger partial charge on any atom is -0.441 e. The first kappa shape index (κ1) is 29.2. The highest BCUT2D eigenvalue weighted by atomic mass is 19.4. The van der Waals surface area contributed by atoms with Crippen molar-refractivity contribution in [3.63, 3.8) is 0 Å². The van der Waals surface area contributed by atoms with Crippen LogP contribution in [0.2, 0.25) is 0 Å². The van der Waals surface area contributed by atoms with Crippen molar-refractivity contribution < 1.29 is 36.3 Å². The van der Waals surface area contributed by atoms with Crippen LogP contribution < -0.4 is 16.4 Å². The molecule has 3 aromatic rings. The number of hydrogen-bond donors (Lipinski definition) is 3. The first-order chi connectivity index (χ1) is 18.8. The van der Waals surface area contributed by atoms with Gasteiger partial charge in [0.15, 0.2) is 23.3 Å². The molecule has 0 saturated carbocycles. The fourth-order valence-electron chi connectivity index (χ4n) is 2.98. The normalized spacial score (nSPS) is 13.1. The lowest BCUT2D eigenvalue weighted by molar-refractivity contribution is -0.145. The number of pyridine rings is 1. The van der Waals surface area contributed by atoms with Gasteiger partial charge in [0.1, 0.15) is 6.10 Å². The third-order valence-electron chi connectivity index (χ3n) is 4.90. The van der Waals surface area contributed by atoms with Gasteiger partial charge in [-0.3, -0.25) is 15.1 Å². The quantitative estimate of drug-likeness (QED) is 0.169. The molecule has 0 bridgehead atoms. The van der Waals surface area contributed by atoms with E-state index in [1.54, 1.807) is 5.92 Å². The molecule has 3 aromatic heterocycles. The fourth-order valence-corrected chi connectivity index (χ4v) is 2.98. The Morgan fingerprint density at radius 2 is 1.82 bits per heavy atom. The number of nitrogens with two attached hydrogens (primary N) is 1. The number of carbonyl (C=O) groups excluding carboxylic acids is 2. The predicted molar refractivity (Wildman–Crippen MR) is 129 cm³/mol. The molecule has 1 atom stereocenters. The Balaban J connectivity index is 1.71. The molecule has 0 saturated heterocycles. The van der Waals surface area contributed by atoms with Gasteiger partial charge < -0.3 is 15.8 Å². The monoisotopic (exact) mass is 563 g/mol. The molecule has 3 heterocycles. The molecular weight excluding hydrogens is 545 g/mol. The van der Waals surface area contributed by atoms with Crippen molar-refractivity contribution >= 4 is 23.5 Å². The van der Waals surface area contributed by atoms with E-state index in [1.165, 1.54) is 37.0 Å². The number of amides is 2. The van der Waals surface area contributed by atoms with E-state index in [-0.39, 0.29) is 28.5 Å². The standard InChI is InChI=1S/C23H18F5N9O3/c1-4-13(24)7-15(18(25)29)11(2)40-22(39)34-19-17(35-36-37(19)3)16-6-5-14(10-30-16)33-20(38)12-8-31-21(32-9-12)23(26,27)28/h1,5-11H,29H2,2-3H3,(H,33,38)(H,34,39)/b13-7+,18-15+/t11-/m1/s1. The van der Waals surface area contributed by atoms with Crippen LogP contribution in [0.25, 0.3) is 11.4 Å². The minimum absolute atomic E-state index is 0.00693. The van der Waals surface area contributed by atoms with Gasteiger partial charge >= 0.3 is 12.3 Å². The van der Waals surface area contributed by atoms with Crippen LogP contribution >= 0.6 is 0 Å². The van der Waals surface area contributed by atoms with Crippen LogP contribution in [-0.4, -0.2) is 48.1 Å². The third-order valence-corrected chi connectivity index (χ3v) is 4.90. The van der Waals surface area contributed by atoms with Crippen LogP contribution in [0.15, 0.2) is 54.2 Å². The van der Waals surface area contributed by atoms with Crippen molar-refractivity contribution in [2.75, 3.05) is 10.6 Å². The van der Waals surface area contributed by atoms with Gasteiger partial charge in [-0.2, -0.15) is 22.0 Å². The van der Waals surface area contributed by atoms with Crippen LogP contribution in [-0.2, 0) is 18.0 Å². The third kappa shape index (κ3) is 7.12. The zero-order chi connectivity index (χ0) is 29.6. The Morgan fingerprint density at radius 1 is 1.15 bits per heavy atom. The molecule has 3 rings (SSSR count). The van der Waals surface area contributed by atoms with Crippen LogP contribution in [0.3, 0.4) is 0 Å². The zero-order valence-corrected chi connectivity index (χ0v) is 20.5. The van der Waals surface area contributed by atoms with Gasteiger partial charge in [0.25, 0.3) is 5.91 Å². The summed E-state index contributed by atoms with van der Waals surface area (Å²) in [4.78, 5) is 35.1. The lowest BCUT2D eigenvalue weighted by Crippen LogP contribution is -2.24. The smallest absolute Gasteiger partial charge is 0.441 e. The lowest BCUT2D eigenvalue weighted by atomic mass is 10.1. The molecule has 0 radical (unpaired) electrons. The number of ether oxygens (including phenoxy) is 1. The number of allylic oxidation sites excluding steroid dienone is 1. The molecule has 17 heteroatoms. The average Bonchev–Trinajstić information content (AvgIpc) is 3.26. The van der Waals surface area contributed by atoms with E-state index in [0.717, 1.165) is 12.4 Å². The summed E-state index contributed by atoms with van der Waals surface area (Å²) in [7, 11) is 1.44. The molecule has 12 nitrogen and oxygen atoms in total. The van der Waals surface area contributed by atoms with Crippen molar-refractivity contribution in [3.8, 4) is 23.7 Å². The van der Waals surface area contributed by atoms with Gasteiger partial charge in [0.2, 0.25) is 5.82 Å². The fraction of sp³-hybridized carbons (Fsp3) is 0.174. The molecule has 0 spiro atoms. The number of aryl methyl sites for hydroxylation is 1. The largest absolute Gasteiger partial charge is 0.451 e. The number of carbonyl (C=O) groups is 2. The number of nitrogens with one attached hydrogen (secondary N) is 2. The Morgan fingerprint density at radius 3 is 2.38 bits per heavy atom. The number of halogens is 5.